The zero-order valence-electron chi connectivity index (χ0n) is 38.2. The molecule has 69 heavy (non-hydrogen) atoms. The van der Waals surface area contributed by atoms with Crippen LogP contribution in [0.15, 0.2) is 261 Å². The summed E-state index contributed by atoms with van der Waals surface area (Å²) < 4.78 is 4.82. The number of aryl methyl sites for hydroxylation is 1. The molecular weight excluding hydrogens is 833 g/mol. The highest BCUT2D eigenvalue weighted by Gasteiger charge is 2.29. The Morgan fingerprint density at radius 1 is 0.217 bits per heavy atom. The molecule has 2 nitrogen and oxygen atoms in total. The van der Waals surface area contributed by atoms with Crippen LogP contribution in [0.25, 0.3) is 122 Å². The van der Waals surface area contributed by atoms with Crippen LogP contribution < -0.4 is 0 Å². The molecule has 0 aliphatic rings. The highest BCUT2D eigenvalue weighted by Crippen LogP contribution is 2.56. The molecule has 0 amide bonds. The molecule has 0 radical (unpaired) electrons. The van der Waals surface area contributed by atoms with Gasteiger partial charge in [0.1, 0.15) is 0 Å². The largest absolute Gasteiger partial charge is 0.309 e. The number of aromatic nitrogens is 2. The van der Waals surface area contributed by atoms with Crippen molar-refractivity contribution >= 4 is 43.6 Å². The molecule has 0 fully saturated rings. The van der Waals surface area contributed by atoms with Gasteiger partial charge in [0, 0.05) is 32.9 Å². The van der Waals surface area contributed by atoms with Crippen molar-refractivity contribution < 1.29 is 0 Å². The van der Waals surface area contributed by atoms with Crippen molar-refractivity contribution in [1.82, 2.24) is 9.13 Å². The Kier molecular flexibility index (Phi) is 9.77. The van der Waals surface area contributed by atoms with E-state index in [4.69, 9.17) is 0 Å². The van der Waals surface area contributed by atoms with Crippen LogP contribution in [0.5, 0.6) is 0 Å². The van der Waals surface area contributed by atoms with Crippen molar-refractivity contribution in [3.05, 3.63) is 266 Å². The third-order valence-corrected chi connectivity index (χ3v) is 14.0. The Morgan fingerprint density at radius 3 is 0.812 bits per heavy atom. The average molecular weight is 879 g/mol. The van der Waals surface area contributed by atoms with Crippen LogP contribution in [0.4, 0.5) is 0 Å². The van der Waals surface area contributed by atoms with Gasteiger partial charge >= 0.3 is 0 Å². The first-order valence-electron chi connectivity index (χ1n) is 23.8. The minimum Gasteiger partial charge on any atom is -0.309 e. The molecule has 2 heterocycles. The summed E-state index contributed by atoms with van der Waals surface area (Å²) in [6.07, 6.45) is 0. The van der Waals surface area contributed by atoms with Crippen molar-refractivity contribution in [2.75, 3.05) is 0 Å². The predicted octanol–water partition coefficient (Wildman–Crippen LogP) is 18.2. The highest BCUT2D eigenvalue weighted by atomic mass is 15.0. The van der Waals surface area contributed by atoms with Gasteiger partial charge in [-0.15, -0.1) is 0 Å². The summed E-state index contributed by atoms with van der Waals surface area (Å²) >= 11 is 0. The first-order valence-corrected chi connectivity index (χ1v) is 23.8. The smallest absolute Gasteiger partial charge is 0.0541 e. The van der Waals surface area contributed by atoms with E-state index in [0.717, 1.165) is 44.8 Å². The van der Waals surface area contributed by atoms with Crippen LogP contribution >= 0.6 is 0 Å². The van der Waals surface area contributed by atoms with Gasteiger partial charge in [0.15, 0.2) is 0 Å². The second-order valence-electron chi connectivity index (χ2n) is 18.1. The fourth-order valence-corrected chi connectivity index (χ4v) is 11.0. The Bertz CT molecular complexity index is 3860. The summed E-state index contributed by atoms with van der Waals surface area (Å²) in [5.41, 5.74) is 22.4. The molecule has 0 saturated heterocycles. The van der Waals surface area contributed by atoms with Gasteiger partial charge in [0.2, 0.25) is 0 Å². The van der Waals surface area contributed by atoms with Crippen molar-refractivity contribution in [3.8, 4) is 78.1 Å². The lowest BCUT2D eigenvalue weighted by atomic mass is 9.74. The van der Waals surface area contributed by atoms with Gasteiger partial charge in [-0.05, 0) is 128 Å². The van der Waals surface area contributed by atoms with Gasteiger partial charge < -0.3 is 9.13 Å². The molecule has 0 spiro atoms. The quantitative estimate of drug-likeness (QED) is 0.144. The summed E-state index contributed by atoms with van der Waals surface area (Å²) in [5, 5.41) is 5.04. The second kappa shape index (κ2) is 16.7. The minimum atomic E-state index is 1.13. The SMILES string of the molecule is Cc1ccc2c(c1)c1ccccc1n2-c1ccc(-c2c(-c3ccccc3)c(-c3ccccc3)c(-c3ccc(-n4c5ccccc5c5ccccc54)cc3)c(-c3ccccc3)c2-c2ccccc2)cc1. The van der Waals surface area contributed by atoms with Gasteiger partial charge in [-0.25, -0.2) is 0 Å². The van der Waals surface area contributed by atoms with Crippen molar-refractivity contribution in [1.29, 1.82) is 0 Å². The Balaban J connectivity index is 1.14. The Hall–Kier alpha value is -8.98. The fraction of sp³-hybridized carbons (Fsp3) is 0.0149. The third kappa shape index (κ3) is 6.72. The normalized spacial score (nSPS) is 11.6. The van der Waals surface area contributed by atoms with E-state index in [1.54, 1.807) is 0 Å². The number of benzene rings is 11. The van der Waals surface area contributed by atoms with E-state index in [9.17, 15) is 0 Å². The molecule has 2 heteroatoms. The monoisotopic (exact) mass is 878 g/mol. The zero-order chi connectivity index (χ0) is 45.8. The van der Waals surface area contributed by atoms with Crippen LogP contribution in [0, 0.1) is 6.92 Å². The number of nitrogens with zero attached hydrogens (tertiary/aromatic N) is 2. The molecule has 0 aliphatic heterocycles. The number of hydrogen-bond acceptors (Lipinski definition) is 0. The van der Waals surface area contributed by atoms with Gasteiger partial charge in [-0.3, -0.25) is 0 Å². The third-order valence-electron chi connectivity index (χ3n) is 14.0. The van der Waals surface area contributed by atoms with Gasteiger partial charge in [-0.1, -0.05) is 212 Å². The van der Waals surface area contributed by atoms with Gasteiger partial charge in [0.05, 0.1) is 22.1 Å². The standard InChI is InChI=1S/C67H46N2/c1-45-34-43-61-57(44-45)56-30-16-19-33-60(56)69(61)53-41-37-51(38-42-53)67-64(48-24-10-4-11-25-48)62(46-20-6-2-7-21-46)66(63(47-22-8-3-9-23-47)65(67)49-26-12-5-13-27-49)50-35-39-52(40-36-50)68-58-31-17-14-28-54(58)55-29-15-18-32-59(55)68/h2-44H,1H3. The second-order valence-corrected chi connectivity index (χ2v) is 18.1. The Morgan fingerprint density at radius 2 is 0.478 bits per heavy atom. The van der Waals surface area contributed by atoms with E-state index in [0.29, 0.717) is 0 Å². The maximum absolute atomic E-state index is 2.42. The van der Waals surface area contributed by atoms with E-state index >= 15 is 0 Å². The fourth-order valence-electron chi connectivity index (χ4n) is 11.0. The van der Waals surface area contributed by atoms with Crippen molar-refractivity contribution in [3.63, 3.8) is 0 Å². The summed E-state index contributed by atoms with van der Waals surface area (Å²) in [4.78, 5) is 0. The molecule has 0 N–H and O–H groups in total. The zero-order valence-corrected chi connectivity index (χ0v) is 38.2. The molecule has 0 unspecified atom stereocenters. The number of fused-ring (bicyclic) bond motifs is 6. The molecule has 13 rings (SSSR count). The first kappa shape index (κ1) is 40.3. The van der Waals surface area contributed by atoms with Crippen molar-refractivity contribution in [2.45, 2.75) is 6.92 Å². The van der Waals surface area contributed by atoms with Gasteiger partial charge in [0.25, 0.3) is 0 Å². The number of rotatable bonds is 8. The predicted molar refractivity (Wildman–Crippen MR) is 292 cm³/mol. The average Bonchev–Trinajstić information content (AvgIpc) is 3.94. The van der Waals surface area contributed by atoms with E-state index in [1.807, 2.05) is 0 Å². The van der Waals surface area contributed by atoms with E-state index in [2.05, 4.69) is 277 Å². The maximum Gasteiger partial charge on any atom is 0.0541 e. The lowest BCUT2D eigenvalue weighted by molar-refractivity contribution is 1.18. The van der Waals surface area contributed by atoms with Crippen LogP contribution in [0.2, 0.25) is 0 Å². The van der Waals surface area contributed by atoms with Gasteiger partial charge in [-0.2, -0.15) is 0 Å². The molecule has 0 aliphatic carbocycles. The number of para-hydroxylation sites is 3. The lowest BCUT2D eigenvalue weighted by Crippen LogP contribution is -2.02. The van der Waals surface area contributed by atoms with Crippen LogP contribution in [0.3, 0.4) is 0 Å². The van der Waals surface area contributed by atoms with E-state index < -0.39 is 0 Å². The maximum atomic E-state index is 2.42. The minimum absolute atomic E-state index is 1.13. The molecule has 2 aromatic heterocycles. The number of hydrogen-bond donors (Lipinski definition) is 0. The lowest BCUT2D eigenvalue weighted by Gasteiger charge is -2.29. The molecule has 11 aromatic carbocycles. The van der Waals surface area contributed by atoms with E-state index in [-0.39, 0.29) is 0 Å². The Labute approximate surface area is 402 Å². The van der Waals surface area contributed by atoms with Crippen molar-refractivity contribution in [2.24, 2.45) is 0 Å². The summed E-state index contributed by atoms with van der Waals surface area (Å²) in [6.45, 7) is 2.18. The molecular formula is C67H46N2. The molecule has 0 bridgehead atoms. The highest BCUT2D eigenvalue weighted by molar-refractivity contribution is 6.16. The summed E-state index contributed by atoms with van der Waals surface area (Å²) in [5.74, 6) is 0. The van der Waals surface area contributed by atoms with Crippen LogP contribution in [-0.4, -0.2) is 9.13 Å². The van der Waals surface area contributed by atoms with Crippen LogP contribution in [-0.2, 0) is 0 Å². The molecule has 0 saturated carbocycles. The molecule has 0 atom stereocenters. The van der Waals surface area contributed by atoms with Crippen LogP contribution in [0.1, 0.15) is 5.56 Å². The molecule has 13 aromatic rings. The summed E-state index contributed by atoms with van der Waals surface area (Å²) in [6, 6.07) is 95.9. The molecule has 324 valence electrons. The first-order chi connectivity index (χ1) is 34.2. The summed E-state index contributed by atoms with van der Waals surface area (Å²) in [7, 11) is 0. The topological polar surface area (TPSA) is 9.86 Å². The van der Waals surface area contributed by atoms with E-state index in [1.165, 1.54) is 82.6 Å².